The van der Waals surface area contributed by atoms with Crippen LogP contribution in [-0.4, -0.2) is 193 Å². The van der Waals surface area contributed by atoms with E-state index in [-0.39, 0.29) is 18.9 Å². The van der Waals surface area contributed by atoms with Gasteiger partial charge in [-0.15, -0.1) is 0 Å². The van der Waals surface area contributed by atoms with Crippen LogP contribution in [0.5, 0.6) is 0 Å². The van der Waals surface area contributed by atoms with E-state index in [0.29, 0.717) is 12.8 Å². The van der Waals surface area contributed by atoms with E-state index in [0.717, 1.165) is 44.9 Å². The van der Waals surface area contributed by atoms with Crippen LogP contribution in [0.25, 0.3) is 0 Å². The Labute approximate surface area is 665 Å². The smallest absolute Gasteiger partial charge is 0.220 e. The molecule has 1 amide bonds. The zero-order valence-electron chi connectivity index (χ0n) is 70.1. The summed E-state index contributed by atoms with van der Waals surface area (Å²) >= 11 is 0. The van der Waals surface area contributed by atoms with Crippen molar-refractivity contribution in [2.24, 2.45) is 0 Å². The second-order valence-corrected chi connectivity index (χ2v) is 33.8. The molecule has 3 fully saturated rings. The van der Waals surface area contributed by atoms with Gasteiger partial charge in [0.1, 0.15) is 73.2 Å². The van der Waals surface area contributed by atoms with Gasteiger partial charge in [-0.3, -0.25) is 4.79 Å². The lowest BCUT2D eigenvalue weighted by molar-refractivity contribution is -0.379. The summed E-state index contributed by atoms with van der Waals surface area (Å²) in [4.78, 5) is 13.6. The molecule has 0 aliphatic carbocycles. The number of amides is 1. The first-order chi connectivity index (χ1) is 53.3. The number of unbranched alkanes of at least 4 members (excludes halogenated alkanes) is 62. The highest BCUT2D eigenvalue weighted by molar-refractivity contribution is 5.76. The molecule has 109 heavy (non-hydrogen) atoms. The first-order valence-corrected chi connectivity index (χ1v) is 46.8. The largest absolute Gasteiger partial charge is 0.394 e. The van der Waals surface area contributed by atoms with Crippen LogP contribution in [0, 0.1) is 0 Å². The summed E-state index contributed by atoms with van der Waals surface area (Å²) in [5.41, 5.74) is 0. The Balaban J connectivity index is 1.30. The number of ether oxygens (including phenoxy) is 6. The average Bonchev–Trinajstić information content (AvgIpc) is 0.782. The Morgan fingerprint density at radius 1 is 0.294 bits per heavy atom. The molecule has 3 aliphatic rings. The molecule has 3 saturated heterocycles. The van der Waals surface area contributed by atoms with Crippen LogP contribution < -0.4 is 5.32 Å². The molecule has 12 N–H and O–H groups in total. The van der Waals surface area contributed by atoms with Crippen molar-refractivity contribution < 1.29 is 89.4 Å². The lowest BCUT2D eigenvalue weighted by atomic mass is 9.96. The van der Waals surface area contributed by atoms with E-state index in [9.17, 15) is 61.0 Å². The Morgan fingerprint density at radius 2 is 0.523 bits per heavy atom. The average molecular weight is 1560 g/mol. The molecule has 0 aromatic heterocycles. The molecule has 0 aromatic carbocycles. The van der Waals surface area contributed by atoms with Gasteiger partial charge in [-0.1, -0.05) is 418 Å². The highest BCUT2D eigenvalue weighted by Gasteiger charge is 2.54. The van der Waals surface area contributed by atoms with Gasteiger partial charge in [0.15, 0.2) is 18.9 Å². The van der Waals surface area contributed by atoms with Crippen LogP contribution in [0.15, 0.2) is 0 Å². The van der Waals surface area contributed by atoms with E-state index in [1.165, 1.54) is 360 Å². The fourth-order valence-electron chi connectivity index (χ4n) is 16.5. The Morgan fingerprint density at radius 3 is 0.798 bits per heavy atom. The van der Waals surface area contributed by atoms with Crippen LogP contribution in [-0.2, 0) is 33.2 Å². The predicted molar refractivity (Wildman–Crippen MR) is 439 cm³/mol. The Kier molecular flexibility index (Phi) is 66.4. The third-order valence-electron chi connectivity index (χ3n) is 23.9. The van der Waals surface area contributed by atoms with E-state index in [4.69, 9.17) is 28.4 Å². The van der Waals surface area contributed by atoms with Gasteiger partial charge in [0.2, 0.25) is 5.91 Å². The van der Waals surface area contributed by atoms with Crippen LogP contribution in [0.2, 0.25) is 0 Å². The van der Waals surface area contributed by atoms with Gasteiger partial charge >= 0.3 is 0 Å². The zero-order chi connectivity index (χ0) is 78.8. The minimum Gasteiger partial charge on any atom is -0.394 e. The molecule has 3 heterocycles. The van der Waals surface area contributed by atoms with E-state index in [1.807, 2.05) is 0 Å². The number of rotatable bonds is 78. The minimum absolute atomic E-state index is 0.230. The molecular weight excluding hydrogens is 1380 g/mol. The topological polar surface area (TPSA) is 307 Å². The summed E-state index contributed by atoms with van der Waals surface area (Å²) in [7, 11) is 0. The fraction of sp³-hybridized carbons (Fsp3) is 0.989. The quantitative estimate of drug-likeness (QED) is 0.0252. The SMILES string of the molecule is CCCCCCCCCCCCCCCCCCCCCCCCCCCCCCCCCCCCC(=O)NC(COC1OC(CO)C(OC2OC(CO)C(OC3OC(CO)C(O)C(O)C3O)C(O)C2O)C(O)C1O)C(O)CCCCCCCCCCCCCCCCCCCCCCCCCCCCCCCC. The molecule has 17 atom stereocenters. The summed E-state index contributed by atoms with van der Waals surface area (Å²) < 4.78 is 34.6. The molecular formula is C90H175NO18. The molecule has 3 aliphatic heterocycles. The third-order valence-corrected chi connectivity index (χ3v) is 23.9. The van der Waals surface area contributed by atoms with Crippen molar-refractivity contribution in [1.29, 1.82) is 0 Å². The molecule has 0 bridgehead atoms. The highest BCUT2D eigenvalue weighted by Crippen LogP contribution is 2.34. The van der Waals surface area contributed by atoms with Crippen LogP contribution in [0.1, 0.15) is 438 Å². The van der Waals surface area contributed by atoms with Gasteiger partial charge in [-0.25, -0.2) is 0 Å². The third kappa shape index (κ3) is 49.6. The molecule has 17 unspecified atom stereocenters. The molecule has 0 aromatic rings. The van der Waals surface area contributed by atoms with Crippen LogP contribution in [0.3, 0.4) is 0 Å². The monoisotopic (exact) mass is 1560 g/mol. The maximum atomic E-state index is 13.6. The first-order valence-electron chi connectivity index (χ1n) is 46.8. The summed E-state index contributed by atoms with van der Waals surface area (Å²) in [6, 6.07) is -0.885. The van der Waals surface area contributed by atoms with Crippen LogP contribution >= 0.6 is 0 Å². The molecule has 19 nitrogen and oxygen atoms in total. The molecule has 0 saturated carbocycles. The molecule has 3 rings (SSSR count). The maximum Gasteiger partial charge on any atom is 0.220 e. The Hall–Kier alpha value is -1.21. The van der Waals surface area contributed by atoms with Gasteiger partial charge in [0.05, 0.1) is 38.6 Å². The zero-order valence-corrected chi connectivity index (χ0v) is 70.1. The van der Waals surface area contributed by atoms with Crippen molar-refractivity contribution in [2.45, 2.75) is 542 Å². The molecule has 0 spiro atoms. The highest BCUT2D eigenvalue weighted by atomic mass is 16.8. The number of hydrogen-bond donors (Lipinski definition) is 12. The fourth-order valence-corrected chi connectivity index (χ4v) is 16.5. The molecule has 648 valence electrons. The van der Waals surface area contributed by atoms with Gasteiger partial charge < -0.3 is 89.9 Å². The van der Waals surface area contributed by atoms with E-state index in [2.05, 4.69) is 19.2 Å². The number of carbonyl (C=O) groups excluding carboxylic acids is 1. The summed E-state index contributed by atoms with van der Waals surface area (Å²) in [6.07, 6.45) is 59.4. The van der Waals surface area contributed by atoms with Crippen molar-refractivity contribution in [2.75, 3.05) is 26.4 Å². The van der Waals surface area contributed by atoms with E-state index < -0.39 is 124 Å². The summed E-state index contributed by atoms with van der Waals surface area (Å²) in [5, 5.41) is 121. The summed E-state index contributed by atoms with van der Waals surface area (Å²) in [5.74, 6) is -0.230. The van der Waals surface area contributed by atoms with Gasteiger partial charge in [-0.05, 0) is 12.8 Å². The number of aliphatic hydroxyl groups excluding tert-OH is 11. The van der Waals surface area contributed by atoms with Crippen molar-refractivity contribution in [3.8, 4) is 0 Å². The van der Waals surface area contributed by atoms with Crippen molar-refractivity contribution in [3.05, 3.63) is 0 Å². The number of hydrogen-bond acceptors (Lipinski definition) is 18. The van der Waals surface area contributed by atoms with E-state index >= 15 is 0 Å². The van der Waals surface area contributed by atoms with Gasteiger partial charge in [-0.2, -0.15) is 0 Å². The van der Waals surface area contributed by atoms with Gasteiger partial charge in [0, 0.05) is 6.42 Å². The Bertz CT molecular complexity index is 1960. The maximum absolute atomic E-state index is 13.6. The summed E-state index contributed by atoms with van der Waals surface area (Å²) in [6.45, 7) is 1.90. The normalized spacial score (nSPS) is 25.2. The second-order valence-electron chi connectivity index (χ2n) is 33.8. The number of carbonyl (C=O) groups is 1. The van der Waals surface area contributed by atoms with Crippen molar-refractivity contribution >= 4 is 5.91 Å². The lowest BCUT2D eigenvalue weighted by Crippen LogP contribution is -2.66. The van der Waals surface area contributed by atoms with Crippen molar-refractivity contribution in [1.82, 2.24) is 5.32 Å². The number of aliphatic hydroxyl groups is 11. The number of nitrogens with one attached hydrogen (secondary N) is 1. The van der Waals surface area contributed by atoms with Gasteiger partial charge in [0.25, 0.3) is 0 Å². The standard InChI is InChI=1S/C90H175NO18/c1-3-5-7-9-11-13-15-17-19-21-23-25-27-29-31-33-35-36-37-38-40-42-44-46-48-50-52-54-56-58-60-62-64-66-68-78(96)91-73(74(95)67-65-63-61-59-57-55-53-51-49-47-45-43-41-39-34-32-30-28-26-24-22-20-18-16-14-12-10-8-6-4-2)72-104-88-84(102)81(99)86(76(70-93)106-88)109-90-85(103)82(100)87(77(71-94)107-90)108-89-83(101)80(98)79(97)75(69-92)105-89/h73-77,79-90,92-95,97-103H,3-72H2,1-2H3,(H,91,96). The molecule has 0 radical (unpaired) electrons. The predicted octanol–water partition coefficient (Wildman–Crippen LogP) is 18.1. The molecule has 19 heteroatoms. The second kappa shape index (κ2) is 70.9. The lowest BCUT2D eigenvalue weighted by Gasteiger charge is -2.48. The first kappa shape index (κ1) is 102. The van der Waals surface area contributed by atoms with Crippen molar-refractivity contribution in [3.63, 3.8) is 0 Å². The van der Waals surface area contributed by atoms with E-state index in [1.54, 1.807) is 0 Å². The van der Waals surface area contributed by atoms with Crippen LogP contribution in [0.4, 0.5) is 0 Å². The minimum atomic E-state index is -1.97.